The second-order valence-corrected chi connectivity index (χ2v) is 3.47. The van der Waals surface area contributed by atoms with Crippen LogP contribution in [0.2, 0.25) is 0 Å². The number of hydrogen-bond donors (Lipinski definition) is 4. The number of carbonyl (C=O) groups is 1. The molecule has 18 heavy (non-hydrogen) atoms. The molecule has 9 heteroatoms. The summed E-state index contributed by atoms with van der Waals surface area (Å²) in [5.41, 5.74) is 5.97. The van der Waals surface area contributed by atoms with Crippen molar-refractivity contribution in [3.05, 3.63) is 29.7 Å². The minimum atomic E-state index is -0.424. The molecule has 2 aromatic heterocycles. The average Bonchev–Trinajstić information content (AvgIpc) is 2.97. The number of nitrogens with two attached hydrogens (primary N) is 1. The van der Waals surface area contributed by atoms with E-state index in [1.165, 1.54) is 10.9 Å². The Morgan fingerprint density at radius 2 is 2.44 bits per heavy atom. The lowest BCUT2D eigenvalue weighted by molar-refractivity contribution is 0.102. The van der Waals surface area contributed by atoms with Crippen LogP contribution in [0.5, 0.6) is 0 Å². The van der Waals surface area contributed by atoms with Gasteiger partial charge in [0, 0.05) is 13.2 Å². The van der Waals surface area contributed by atoms with Crippen molar-refractivity contribution in [2.75, 3.05) is 5.32 Å². The molecule has 0 aliphatic heterocycles. The maximum absolute atomic E-state index is 11.8. The van der Waals surface area contributed by atoms with Gasteiger partial charge in [-0.2, -0.15) is 10.2 Å². The van der Waals surface area contributed by atoms with Crippen LogP contribution in [0.3, 0.4) is 0 Å². The van der Waals surface area contributed by atoms with E-state index in [1.807, 2.05) is 0 Å². The van der Waals surface area contributed by atoms with Gasteiger partial charge in [-0.15, -0.1) is 0 Å². The van der Waals surface area contributed by atoms with Gasteiger partial charge < -0.3 is 16.3 Å². The van der Waals surface area contributed by atoms with E-state index in [0.717, 1.165) is 0 Å². The van der Waals surface area contributed by atoms with Crippen molar-refractivity contribution in [1.82, 2.24) is 20.0 Å². The average molecular weight is 249 g/mol. The third-order valence-corrected chi connectivity index (χ3v) is 2.21. The number of rotatable bonds is 3. The lowest BCUT2D eigenvalue weighted by atomic mass is 10.3. The largest absolute Gasteiger partial charge is 0.409 e. The zero-order valence-corrected chi connectivity index (χ0v) is 9.45. The number of amides is 1. The number of nitrogens with zero attached hydrogens (tertiary/aromatic N) is 4. The number of aromatic amines is 1. The molecule has 9 nitrogen and oxygen atoms in total. The van der Waals surface area contributed by atoms with E-state index in [-0.39, 0.29) is 17.3 Å². The van der Waals surface area contributed by atoms with Crippen molar-refractivity contribution < 1.29 is 10.0 Å². The van der Waals surface area contributed by atoms with Crippen LogP contribution in [0, 0.1) is 0 Å². The molecule has 0 saturated carbocycles. The molecule has 0 saturated heterocycles. The lowest BCUT2D eigenvalue weighted by Crippen LogP contribution is -2.18. The molecule has 0 unspecified atom stereocenters. The fraction of sp³-hybridized carbons (Fsp3) is 0.111. The van der Waals surface area contributed by atoms with Gasteiger partial charge >= 0.3 is 0 Å². The van der Waals surface area contributed by atoms with Gasteiger partial charge in [0.05, 0.1) is 11.8 Å². The quantitative estimate of drug-likeness (QED) is 0.251. The highest BCUT2D eigenvalue weighted by Crippen LogP contribution is 2.11. The summed E-state index contributed by atoms with van der Waals surface area (Å²) in [6, 6.07) is 1.56. The molecule has 0 fully saturated rings. The Balaban J connectivity index is 2.20. The Labute approximate surface area is 101 Å². The number of hydrogen-bond acceptors (Lipinski definition) is 5. The first-order valence-electron chi connectivity index (χ1n) is 4.94. The molecule has 0 aliphatic carbocycles. The van der Waals surface area contributed by atoms with Gasteiger partial charge in [0.1, 0.15) is 5.82 Å². The van der Waals surface area contributed by atoms with Crippen LogP contribution in [0.4, 0.5) is 5.82 Å². The zero-order chi connectivity index (χ0) is 13.1. The number of aryl methyl sites for hydroxylation is 1. The third kappa shape index (κ3) is 2.14. The summed E-state index contributed by atoms with van der Waals surface area (Å²) in [7, 11) is 1.70. The Morgan fingerprint density at radius 3 is 3.06 bits per heavy atom. The lowest BCUT2D eigenvalue weighted by Gasteiger charge is -2.02. The first-order valence-corrected chi connectivity index (χ1v) is 4.94. The van der Waals surface area contributed by atoms with Crippen molar-refractivity contribution in [3.8, 4) is 0 Å². The highest BCUT2D eigenvalue weighted by atomic mass is 16.4. The van der Waals surface area contributed by atoms with Crippen molar-refractivity contribution in [1.29, 1.82) is 0 Å². The second-order valence-electron chi connectivity index (χ2n) is 3.47. The first kappa shape index (κ1) is 11.6. The maximum atomic E-state index is 11.8. The highest BCUT2D eigenvalue weighted by Gasteiger charge is 2.15. The van der Waals surface area contributed by atoms with Crippen LogP contribution < -0.4 is 11.1 Å². The number of anilines is 1. The normalized spacial score (nSPS) is 11.5. The van der Waals surface area contributed by atoms with Crippen LogP contribution in [0.15, 0.2) is 23.6 Å². The van der Waals surface area contributed by atoms with E-state index in [0.29, 0.717) is 5.56 Å². The van der Waals surface area contributed by atoms with Gasteiger partial charge in [0.2, 0.25) is 0 Å². The number of aromatic nitrogens is 4. The molecule has 5 N–H and O–H groups in total. The minimum absolute atomic E-state index is 0.153. The zero-order valence-electron chi connectivity index (χ0n) is 9.45. The minimum Gasteiger partial charge on any atom is -0.409 e. The molecule has 94 valence electrons. The van der Waals surface area contributed by atoms with Gasteiger partial charge in [0.25, 0.3) is 5.91 Å². The molecule has 2 aromatic rings. The van der Waals surface area contributed by atoms with Gasteiger partial charge in [-0.05, 0) is 6.07 Å². The van der Waals surface area contributed by atoms with E-state index in [2.05, 4.69) is 25.8 Å². The molecule has 1 amide bonds. The molecule has 2 rings (SSSR count). The van der Waals surface area contributed by atoms with Crippen molar-refractivity contribution in [2.24, 2.45) is 17.9 Å². The van der Waals surface area contributed by atoms with Crippen LogP contribution in [0.25, 0.3) is 0 Å². The maximum Gasteiger partial charge on any atom is 0.277 e. The summed E-state index contributed by atoms with van der Waals surface area (Å²) >= 11 is 0. The van der Waals surface area contributed by atoms with Gasteiger partial charge in [0.15, 0.2) is 11.5 Å². The smallest absolute Gasteiger partial charge is 0.277 e. The van der Waals surface area contributed by atoms with Crippen molar-refractivity contribution >= 4 is 17.6 Å². The second kappa shape index (κ2) is 4.57. The number of carbonyl (C=O) groups excluding carboxylic acids is 1. The summed E-state index contributed by atoms with van der Waals surface area (Å²) in [5.74, 6) is -0.340. The molecular weight excluding hydrogens is 238 g/mol. The Hall–Kier alpha value is -2.84. The summed E-state index contributed by atoms with van der Waals surface area (Å²) in [6.07, 6.45) is 2.98. The summed E-state index contributed by atoms with van der Waals surface area (Å²) in [5, 5.41) is 24.1. The molecule has 0 aliphatic rings. The number of nitrogens with one attached hydrogen (secondary N) is 2. The van der Waals surface area contributed by atoms with Crippen LogP contribution >= 0.6 is 0 Å². The molecule has 2 heterocycles. The van der Waals surface area contributed by atoms with Crippen LogP contribution in [0.1, 0.15) is 16.1 Å². The fourth-order valence-electron chi connectivity index (χ4n) is 1.34. The van der Waals surface area contributed by atoms with Crippen LogP contribution in [-0.2, 0) is 7.05 Å². The van der Waals surface area contributed by atoms with Gasteiger partial charge in [-0.1, -0.05) is 5.16 Å². The highest BCUT2D eigenvalue weighted by molar-refractivity contribution is 6.08. The molecule has 0 atom stereocenters. The van der Waals surface area contributed by atoms with Gasteiger partial charge in [-0.3, -0.25) is 14.6 Å². The summed E-state index contributed by atoms with van der Waals surface area (Å²) in [6.45, 7) is 0. The topological polar surface area (TPSA) is 134 Å². The van der Waals surface area contributed by atoms with E-state index < -0.39 is 5.91 Å². The first-order chi connectivity index (χ1) is 8.61. The SMILES string of the molecule is Cn1ccc(C(=O)Nc2[nH]ncc2/C(N)=N/O)n1. The molecule has 0 bridgehead atoms. The van der Waals surface area contributed by atoms with Crippen molar-refractivity contribution in [2.45, 2.75) is 0 Å². The third-order valence-electron chi connectivity index (χ3n) is 2.21. The molecule has 0 aromatic carbocycles. The Kier molecular flexibility index (Phi) is 2.96. The van der Waals surface area contributed by atoms with E-state index >= 15 is 0 Å². The van der Waals surface area contributed by atoms with E-state index in [9.17, 15) is 4.79 Å². The van der Waals surface area contributed by atoms with Crippen LogP contribution in [-0.4, -0.2) is 36.9 Å². The fourth-order valence-corrected chi connectivity index (χ4v) is 1.34. The van der Waals surface area contributed by atoms with Crippen molar-refractivity contribution in [3.63, 3.8) is 0 Å². The van der Waals surface area contributed by atoms with E-state index in [4.69, 9.17) is 10.9 Å². The van der Waals surface area contributed by atoms with Gasteiger partial charge in [-0.25, -0.2) is 0 Å². The Bertz CT molecular complexity index is 598. The summed E-state index contributed by atoms with van der Waals surface area (Å²) < 4.78 is 1.51. The number of amidine groups is 1. The predicted molar refractivity (Wildman–Crippen MR) is 62.3 cm³/mol. The molecule has 0 radical (unpaired) electrons. The standard InChI is InChI=1S/C9H11N7O2/c1-16-3-2-6(14-16)9(17)12-8-5(4-11-13-8)7(10)15-18/h2-4,18H,1H3,(H2,10,15)(H2,11,12,13,17). The van der Waals surface area contributed by atoms with E-state index in [1.54, 1.807) is 19.3 Å². The molecule has 0 spiro atoms. The Morgan fingerprint density at radius 1 is 1.67 bits per heavy atom. The number of oxime groups is 1. The molecular formula is C9H11N7O2. The predicted octanol–water partition coefficient (Wildman–Crippen LogP) is -0.510. The monoisotopic (exact) mass is 249 g/mol. The summed E-state index contributed by atoms with van der Waals surface area (Å²) in [4.78, 5) is 11.8. The number of H-pyrrole nitrogens is 1.